The molecule has 0 amide bonds. The first-order valence-corrected chi connectivity index (χ1v) is 9.12. The number of hydrogen-bond donors (Lipinski definition) is 0. The van der Waals surface area contributed by atoms with E-state index in [1.807, 2.05) is 0 Å². The van der Waals surface area contributed by atoms with Gasteiger partial charge in [-0.05, 0) is 39.2 Å². The zero-order valence-electron chi connectivity index (χ0n) is 16.2. The minimum atomic E-state index is -0.512. The molecule has 0 N–H and O–H groups in total. The Labute approximate surface area is 152 Å². The number of fused-ring (bicyclic) bond motifs is 1. The SMILES string of the molecule is CC(=O)[C@H](C)n1c(CN2CCC[C@H](C)C2)nc2c1c(=O)n(C)c(=O)n2C. The molecule has 2 aromatic heterocycles. The van der Waals surface area contributed by atoms with E-state index in [9.17, 15) is 14.4 Å². The Kier molecular flexibility index (Phi) is 4.88. The number of rotatable bonds is 4. The largest absolute Gasteiger partial charge is 0.332 e. The fraction of sp³-hybridized carbons (Fsp3) is 0.667. The molecular weight excluding hydrogens is 334 g/mol. The number of carbonyl (C=O) groups excluding carboxylic acids is 1. The summed E-state index contributed by atoms with van der Waals surface area (Å²) >= 11 is 0. The molecule has 0 aliphatic carbocycles. The van der Waals surface area contributed by atoms with Gasteiger partial charge in [0.05, 0.1) is 12.6 Å². The summed E-state index contributed by atoms with van der Waals surface area (Å²) in [5, 5.41) is 0. The van der Waals surface area contributed by atoms with E-state index in [1.54, 1.807) is 18.5 Å². The number of carbonyl (C=O) groups is 1. The molecule has 2 atom stereocenters. The number of Topliss-reactive ketones (excluding diaryl/α,β-unsaturated/α-hetero) is 1. The molecule has 0 radical (unpaired) electrons. The van der Waals surface area contributed by atoms with Gasteiger partial charge in [0.25, 0.3) is 5.56 Å². The standard InChI is InChI=1S/C18H27N5O3/c1-11-7-6-8-22(9-11)10-14-19-16-15(23(14)12(2)13(3)24)17(25)21(5)18(26)20(16)4/h11-12H,6-10H2,1-5H3/t11-,12-/m0/s1. The van der Waals surface area contributed by atoms with Crippen molar-refractivity contribution in [3.8, 4) is 0 Å². The molecule has 0 saturated carbocycles. The Morgan fingerprint density at radius 1 is 1.27 bits per heavy atom. The van der Waals surface area contributed by atoms with Crippen LogP contribution < -0.4 is 11.2 Å². The van der Waals surface area contributed by atoms with Gasteiger partial charge in [-0.15, -0.1) is 0 Å². The van der Waals surface area contributed by atoms with Gasteiger partial charge < -0.3 is 4.57 Å². The Hall–Kier alpha value is -2.22. The lowest BCUT2D eigenvalue weighted by Crippen LogP contribution is -2.38. The Morgan fingerprint density at radius 3 is 2.58 bits per heavy atom. The van der Waals surface area contributed by atoms with Crippen LogP contribution in [0.5, 0.6) is 0 Å². The number of likely N-dealkylation sites (tertiary alicyclic amines) is 1. The average molecular weight is 361 g/mol. The Morgan fingerprint density at radius 2 is 1.96 bits per heavy atom. The molecule has 26 heavy (non-hydrogen) atoms. The highest BCUT2D eigenvalue weighted by atomic mass is 16.2. The molecule has 1 fully saturated rings. The van der Waals surface area contributed by atoms with Gasteiger partial charge in [0, 0.05) is 20.6 Å². The van der Waals surface area contributed by atoms with Crippen molar-refractivity contribution in [2.24, 2.45) is 20.0 Å². The minimum Gasteiger partial charge on any atom is -0.311 e. The van der Waals surface area contributed by atoms with Crippen molar-refractivity contribution in [2.45, 2.75) is 46.2 Å². The van der Waals surface area contributed by atoms with E-state index in [2.05, 4.69) is 16.8 Å². The summed E-state index contributed by atoms with van der Waals surface area (Å²) < 4.78 is 4.17. The fourth-order valence-corrected chi connectivity index (χ4v) is 3.80. The topological polar surface area (TPSA) is 82.1 Å². The zero-order chi connectivity index (χ0) is 19.2. The lowest BCUT2D eigenvalue weighted by Gasteiger charge is -2.30. The number of aromatic nitrogens is 4. The van der Waals surface area contributed by atoms with E-state index >= 15 is 0 Å². The van der Waals surface area contributed by atoms with Gasteiger partial charge in [0.2, 0.25) is 0 Å². The van der Waals surface area contributed by atoms with Gasteiger partial charge in [-0.25, -0.2) is 9.78 Å². The Balaban J connectivity index is 2.21. The summed E-state index contributed by atoms with van der Waals surface area (Å²) in [5.41, 5.74) is -0.175. The van der Waals surface area contributed by atoms with Gasteiger partial charge in [-0.3, -0.25) is 23.6 Å². The summed E-state index contributed by atoms with van der Waals surface area (Å²) in [6.45, 7) is 8.01. The Bertz CT molecular complexity index is 968. The smallest absolute Gasteiger partial charge is 0.311 e. The molecule has 2 aromatic rings. The molecule has 142 valence electrons. The number of hydrogen-bond acceptors (Lipinski definition) is 5. The van der Waals surface area contributed by atoms with E-state index in [-0.39, 0.29) is 5.78 Å². The van der Waals surface area contributed by atoms with Gasteiger partial charge >= 0.3 is 5.69 Å². The van der Waals surface area contributed by atoms with Gasteiger partial charge in [-0.2, -0.15) is 0 Å². The number of imidazole rings is 1. The molecule has 0 aromatic carbocycles. The second-order valence-electron chi connectivity index (χ2n) is 7.55. The van der Waals surface area contributed by atoms with Crippen LogP contribution in [-0.4, -0.2) is 42.5 Å². The van der Waals surface area contributed by atoms with E-state index in [4.69, 9.17) is 0 Å². The van der Waals surface area contributed by atoms with Crippen LogP contribution in [0.15, 0.2) is 9.59 Å². The lowest BCUT2D eigenvalue weighted by atomic mass is 10.0. The van der Waals surface area contributed by atoms with Crippen molar-refractivity contribution in [3.05, 3.63) is 26.7 Å². The first kappa shape index (κ1) is 18.6. The van der Waals surface area contributed by atoms with Crippen molar-refractivity contribution in [2.75, 3.05) is 13.1 Å². The predicted molar refractivity (Wildman–Crippen MR) is 99.3 cm³/mol. The second-order valence-corrected chi connectivity index (χ2v) is 7.55. The molecule has 1 aliphatic rings. The molecule has 3 rings (SSSR count). The number of nitrogens with zero attached hydrogens (tertiary/aromatic N) is 5. The molecule has 3 heterocycles. The van der Waals surface area contributed by atoms with Crippen LogP contribution in [0.25, 0.3) is 11.2 Å². The van der Waals surface area contributed by atoms with Crippen LogP contribution in [0.4, 0.5) is 0 Å². The number of aryl methyl sites for hydroxylation is 1. The summed E-state index contributed by atoms with van der Waals surface area (Å²) in [7, 11) is 3.05. The maximum atomic E-state index is 12.8. The van der Waals surface area contributed by atoms with Gasteiger partial charge in [-0.1, -0.05) is 6.92 Å². The van der Waals surface area contributed by atoms with Crippen molar-refractivity contribution >= 4 is 16.9 Å². The maximum absolute atomic E-state index is 12.8. The van der Waals surface area contributed by atoms with E-state index in [0.29, 0.717) is 29.5 Å². The molecule has 0 bridgehead atoms. The van der Waals surface area contributed by atoms with Crippen molar-refractivity contribution in [1.82, 2.24) is 23.6 Å². The number of ketones is 1. The first-order chi connectivity index (χ1) is 12.2. The predicted octanol–water partition coefficient (Wildman–Crippen LogP) is 0.816. The molecule has 0 spiro atoms. The molecule has 8 heteroatoms. The van der Waals surface area contributed by atoms with Crippen LogP contribution in [0.2, 0.25) is 0 Å². The van der Waals surface area contributed by atoms with Gasteiger partial charge in [0.1, 0.15) is 5.82 Å². The molecule has 8 nitrogen and oxygen atoms in total. The minimum absolute atomic E-state index is 0.0477. The third-order valence-corrected chi connectivity index (χ3v) is 5.45. The van der Waals surface area contributed by atoms with Crippen LogP contribution in [0.3, 0.4) is 0 Å². The van der Waals surface area contributed by atoms with Crippen LogP contribution >= 0.6 is 0 Å². The summed E-state index contributed by atoms with van der Waals surface area (Å²) in [6.07, 6.45) is 2.34. The highest BCUT2D eigenvalue weighted by Gasteiger charge is 2.26. The quantitative estimate of drug-likeness (QED) is 0.805. The first-order valence-electron chi connectivity index (χ1n) is 9.12. The molecule has 1 aliphatic heterocycles. The second kappa shape index (κ2) is 6.83. The zero-order valence-corrected chi connectivity index (χ0v) is 16.2. The molecular formula is C18H27N5O3. The third-order valence-electron chi connectivity index (χ3n) is 5.45. The van der Waals surface area contributed by atoms with Crippen molar-refractivity contribution in [1.29, 1.82) is 0 Å². The summed E-state index contributed by atoms with van der Waals surface area (Å²) in [5.74, 6) is 1.23. The highest BCUT2D eigenvalue weighted by molar-refractivity contribution is 5.82. The lowest BCUT2D eigenvalue weighted by molar-refractivity contribution is -0.119. The van der Waals surface area contributed by atoms with Crippen LogP contribution in [0, 0.1) is 5.92 Å². The average Bonchev–Trinajstić information content (AvgIpc) is 2.96. The fourth-order valence-electron chi connectivity index (χ4n) is 3.80. The van der Waals surface area contributed by atoms with Crippen molar-refractivity contribution < 1.29 is 4.79 Å². The highest BCUT2D eigenvalue weighted by Crippen LogP contribution is 2.22. The van der Waals surface area contributed by atoms with E-state index < -0.39 is 17.3 Å². The summed E-state index contributed by atoms with van der Waals surface area (Å²) in [4.78, 5) is 44.0. The number of piperidine rings is 1. The third kappa shape index (κ3) is 3.02. The van der Waals surface area contributed by atoms with Crippen molar-refractivity contribution in [3.63, 3.8) is 0 Å². The van der Waals surface area contributed by atoms with Crippen LogP contribution in [0.1, 0.15) is 45.5 Å². The van der Waals surface area contributed by atoms with E-state index in [0.717, 1.165) is 24.1 Å². The van der Waals surface area contributed by atoms with Gasteiger partial charge in [0.15, 0.2) is 16.9 Å². The maximum Gasteiger partial charge on any atom is 0.332 e. The van der Waals surface area contributed by atoms with Crippen LogP contribution in [-0.2, 0) is 25.4 Å². The monoisotopic (exact) mass is 361 g/mol. The normalized spacial score (nSPS) is 19.8. The molecule has 0 unspecified atom stereocenters. The van der Waals surface area contributed by atoms with E-state index in [1.165, 1.54) is 25.0 Å². The molecule has 1 saturated heterocycles. The summed E-state index contributed by atoms with van der Waals surface area (Å²) in [6, 6.07) is -0.512.